The number of nitrogens with zero attached hydrogens (tertiary/aromatic N) is 3. The number of pyridine rings is 1. The molecule has 0 aliphatic heterocycles. The standard InChI is InChI=1S/C18H15N3O3S/c1-11-2-4-16-12(6-11)7-13(9-19)18(20-16)25-17-5-3-15(21(23)24)8-14(17)10-22/h3,5,7-8,10-11H,2,4,6H2,1H3/t11-/m1/s1. The Morgan fingerprint density at radius 2 is 2.24 bits per heavy atom. The summed E-state index contributed by atoms with van der Waals surface area (Å²) < 4.78 is 0. The number of hydrogen-bond donors (Lipinski definition) is 0. The van der Waals surface area contributed by atoms with Crippen molar-refractivity contribution in [2.24, 2.45) is 5.92 Å². The molecule has 25 heavy (non-hydrogen) atoms. The smallest absolute Gasteiger partial charge is 0.270 e. The summed E-state index contributed by atoms with van der Waals surface area (Å²) in [6.45, 7) is 2.19. The van der Waals surface area contributed by atoms with E-state index in [1.54, 1.807) is 0 Å². The van der Waals surface area contributed by atoms with Gasteiger partial charge in [-0.25, -0.2) is 4.98 Å². The number of non-ortho nitro benzene ring substituents is 1. The van der Waals surface area contributed by atoms with Crippen LogP contribution in [0.25, 0.3) is 0 Å². The molecule has 1 aromatic heterocycles. The first-order chi connectivity index (χ1) is 12.0. The number of hydrogen-bond acceptors (Lipinski definition) is 6. The molecule has 1 heterocycles. The molecule has 1 atom stereocenters. The molecule has 1 aliphatic rings. The number of carbonyl (C=O) groups is 1. The lowest BCUT2D eigenvalue weighted by Crippen LogP contribution is -2.14. The Kier molecular flexibility index (Phi) is 4.81. The fourth-order valence-corrected chi connectivity index (χ4v) is 3.86. The van der Waals surface area contributed by atoms with E-state index in [2.05, 4.69) is 18.0 Å². The number of aryl methyl sites for hydroxylation is 1. The summed E-state index contributed by atoms with van der Waals surface area (Å²) in [5.41, 5.74) is 2.65. The van der Waals surface area contributed by atoms with E-state index < -0.39 is 4.92 Å². The third-order valence-corrected chi connectivity index (χ3v) is 5.35. The van der Waals surface area contributed by atoms with Gasteiger partial charge < -0.3 is 0 Å². The van der Waals surface area contributed by atoms with E-state index in [0.29, 0.717) is 27.7 Å². The minimum Gasteiger partial charge on any atom is -0.298 e. The van der Waals surface area contributed by atoms with Crippen LogP contribution in [0.5, 0.6) is 0 Å². The minimum atomic E-state index is -0.541. The first kappa shape index (κ1) is 17.1. The molecule has 0 spiro atoms. The summed E-state index contributed by atoms with van der Waals surface area (Å²) in [6.07, 6.45) is 3.43. The van der Waals surface area contributed by atoms with E-state index in [4.69, 9.17) is 0 Å². The molecule has 3 rings (SSSR count). The molecule has 0 N–H and O–H groups in total. The lowest BCUT2D eigenvalue weighted by atomic mass is 9.87. The van der Waals surface area contributed by atoms with E-state index in [1.807, 2.05) is 6.07 Å². The number of aldehydes is 1. The van der Waals surface area contributed by atoms with Crippen LogP contribution in [0.1, 0.15) is 40.5 Å². The minimum absolute atomic E-state index is 0.139. The second kappa shape index (κ2) is 7.03. The lowest BCUT2D eigenvalue weighted by molar-refractivity contribution is -0.384. The van der Waals surface area contributed by atoms with Gasteiger partial charge >= 0.3 is 0 Å². The Morgan fingerprint density at radius 3 is 2.92 bits per heavy atom. The Hall–Kier alpha value is -2.72. The maximum atomic E-state index is 11.3. The Labute approximate surface area is 149 Å². The quantitative estimate of drug-likeness (QED) is 0.469. The summed E-state index contributed by atoms with van der Waals surface area (Å²) in [4.78, 5) is 26.8. The fourth-order valence-electron chi connectivity index (χ4n) is 2.92. The van der Waals surface area contributed by atoms with Crippen molar-refractivity contribution in [3.05, 3.63) is 56.8 Å². The van der Waals surface area contributed by atoms with Crippen molar-refractivity contribution in [3.63, 3.8) is 0 Å². The van der Waals surface area contributed by atoms with Crippen molar-refractivity contribution in [1.82, 2.24) is 4.98 Å². The number of rotatable bonds is 4. The van der Waals surface area contributed by atoms with Crippen LogP contribution in [-0.4, -0.2) is 16.2 Å². The first-order valence-corrected chi connectivity index (χ1v) is 8.68. The van der Waals surface area contributed by atoms with Gasteiger partial charge in [-0.05, 0) is 42.9 Å². The lowest BCUT2D eigenvalue weighted by Gasteiger charge is -2.21. The number of nitro groups is 1. The van der Waals surface area contributed by atoms with Crippen LogP contribution >= 0.6 is 11.8 Å². The third-order valence-electron chi connectivity index (χ3n) is 4.26. The van der Waals surface area contributed by atoms with Crippen LogP contribution < -0.4 is 0 Å². The molecule has 1 aliphatic carbocycles. The summed E-state index contributed by atoms with van der Waals surface area (Å²) >= 11 is 1.20. The number of nitriles is 1. The zero-order chi connectivity index (χ0) is 18.0. The SMILES string of the molecule is C[C@@H]1CCc2nc(Sc3ccc([N+](=O)[O-])cc3C=O)c(C#N)cc2C1. The molecule has 2 aromatic rings. The number of nitro benzene ring substituents is 1. The molecule has 0 saturated carbocycles. The summed E-state index contributed by atoms with van der Waals surface area (Å²) in [5, 5.41) is 20.8. The van der Waals surface area contributed by atoms with Crippen molar-refractivity contribution in [2.75, 3.05) is 0 Å². The highest BCUT2D eigenvalue weighted by molar-refractivity contribution is 7.99. The molecule has 0 amide bonds. The molecule has 6 nitrogen and oxygen atoms in total. The highest BCUT2D eigenvalue weighted by Crippen LogP contribution is 2.35. The Bertz CT molecular complexity index is 905. The zero-order valence-electron chi connectivity index (χ0n) is 13.6. The van der Waals surface area contributed by atoms with Crippen LogP contribution in [0.15, 0.2) is 34.2 Å². The van der Waals surface area contributed by atoms with Crippen molar-refractivity contribution in [2.45, 2.75) is 36.1 Å². The Balaban J connectivity index is 1.99. The highest BCUT2D eigenvalue weighted by Gasteiger charge is 2.20. The van der Waals surface area contributed by atoms with Crippen molar-refractivity contribution < 1.29 is 9.72 Å². The molecule has 0 radical (unpaired) electrons. The van der Waals surface area contributed by atoms with Crippen LogP contribution in [-0.2, 0) is 12.8 Å². The van der Waals surface area contributed by atoms with E-state index in [-0.39, 0.29) is 11.3 Å². The highest BCUT2D eigenvalue weighted by atomic mass is 32.2. The van der Waals surface area contributed by atoms with E-state index in [0.717, 1.165) is 30.5 Å². The van der Waals surface area contributed by atoms with Gasteiger partial charge in [-0.1, -0.05) is 18.7 Å². The molecule has 0 saturated heterocycles. The molecule has 7 heteroatoms. The van der Waals surface area contributed by atoms with Crippen LogP contribution in [0.3, 0.4) is 0 Å². The third kappa shape index (κ3) is 3.54. The predicted octanol–water partition coefficient (Wildman–Crippen LogP) is 3.95. The summed E-state index contributed by atoms with van der Waals surface area (Å²) in [6, 6.07) is 8.16. The van der Waals surface area contributed by atoms with Crippen molar-refractivity contribution >= 4 is 23.7 Å². The van der Waals surface area contributed by atoms with Gasteiger partial charge in [-0.15, -0.1) is 0 Å². The molecule has 1 aromatic carbocycles. The number of benzene rings is 1. The molecular formula is C18H15N3O3S. The van der Waals surface area contributed by atoms with Gasteiger partial charge in [-0.2, -0.15) is 5.26 Å². The summed E-state index contributed by atoms with van der Waals surface area (Å²) in [5.74, 6) is 0.579. The van der Waals surface area contributed by atoms with Crippen LogP contribution in [0.4, 0.5) is 5.69 Å². The van der Waals surface area contributed by atoms with Gasteiger partial charge in [0.1, 0.15) is 11.1 Å². The normalized spacial score (nSPS) is 15.9. The molecule has 0 unspecified atom stereocenters. The molecular weight excluding hydrogens is 338 g/mol. The monoisotopic (exact) mass is 353 g/mol. The largest absolute Gasteiger partial charge is 0.298 e. The average Bonchev–Trinajstić information content (AvgIpc) is 2.61. The number of fused-ring (bicyclic) bond motifs is 1. The second-order valence-electron chi connectivity index (χ2n) is 6.11. The van der Waals surface area contributed by atoms with E-state index in [1.165, 1.54) is 30.0 Å². The van der Waals surface area contributed by atoms with Gasteiger partial charge in [0.2, 0.25) is 0 Å². The van der Waals surface area contributed by atoms with Gasteiger partial charge in [-0.3, -0.25) is 14.9 Å². The molecule has 126 valence electrons. The van der Waals surface area contributed by atoms with E-state index in [9.17, 15) is 20.2 Å². The maximum absolute atomic E-state index is 11.3. The maximum Gasteiger partial charge on any atom is 0.270 e. The fraction of sp³-hybridized carbons (Fsp3) is 0.278. The number of aromatic nitrogens is 1. The summed E-state index contributed by atoms with van der Waals surface area (Å²) in [7, 11) is 0. The zero-order valence-corrected chi connectivity index (χ0v) is 14.4. The topological polar surface area (TPSA) is 96.9 Å². The van der Waals surface area contributed by atoms with Crippen LogP contribution in [0.2, 0.25) is 0 Å². The van der Waals surface area contributed by atoms with Gasteiger partial charge in [0.25, 0.3) is 5.69 Å². The first-order valence-electron chi connectivity index (χ1n) is 7.86. The van der Waals surface area contributed by atoms with E-state index >= 15 is 0 Å². The number of carbonyl (C=O) groups excluding carboxylic acids is 1. The molecule has 0 bridgehead atoms. The van der Waals surface area contributed by atoms with Gasteiger partial charge in [0.05, 0.1) is 10.5 Å². The van der Waals surface area contributed by atoms with Crippen LogP contribution in [0, 0.1) is 27.4 Å². The van der Waals surface area contributed by atoms with Gasteiger partial charge in [0.15, 0.2) is 6.29 Å². The molecule has 0 fully saturated rings. The van der Waals surface area contributed by atoms with Crippen molar-refractivity contribution in [1.29, 1.82) is 5.26 Å². The Morgan fingerprint density at radius 1 is 1.44 bits per heavy atom. The second-order valence-corrected chi connectivity index (χ2v) is 7.14. The van der Waals surface area contributed by atoms with Crippen molar-refractivity contribution in [3.8, 4) is 6.07 Å². The van der Waals surface area contributed by atoms with Gasteiger partial charge in [0, 0.05) is 28.3 Å². The average molecular weight is 353 g/mol. The predicted molar refractivity (Wildman–Crippen MR) is 92.7 cm³/mol.